The molecule has 0 unspecified atom stereocenters. The number of ether oxygens (including phenoxy) is 1. The van der Waals surface area contributed by atoms with Gasteiger partial charge >= 0.3 is 0 Å². The minimum atomic E-state index is -0.296. The lowest BCUT2D eigenvalue weighted by atomic mass is 10.0. The van der Waals surface area contributed by atoms with Gasteiger partial charge < -0.3 is 10.5 Å². The maximum absolute atomic E-state index is 6.06. The Bertz CT molecular complexity index is 445. The van der Waals surface area contributed by atoms with Crippen molar-refractivity contribution < 1.29 is 4.74 Å². The predicted molar refractivity (Wildman–Crippen MR) is 84.9 cm³/mol. The number of hydrogen-bond acceptors (Lipinski definition) is 4. The standard InChI is InChI=1S/C14H22IN3O/c1-3-7-10-11(15)12(16)18-13(17-10)14(19-4-2)8-5-6-9-14/h3-9H2,1-2H3,(H2,16,17,18). The molecule has 2 rings (SSSR count). The van der Waals surface area contributed by atoms with Gasteiger partial charge in [-0.3, -0.25) is 0 Å². The molecule has 0 bridgehead atoms. The fourth-order valence-electron chi connectivity index (χ4n) is 2.77. The van der Waals surface area contributed by atoms with Crippen LogP contribution in [0.1, 0.15) is 57.5 Å². The molecule has 2 N–H and O–H groups in total. The highest BCUT2D eigenvalue weighted by Gasteiger charge is 2.39. The highest BCUT2D eigenvalue weighted by molar-refractivity contribution is 14.1. The molecular weight excluding hydrogens is 353 g/mol. The molecule has 1 aliphatic rings. The second-order valence-electron chi connectivity index (χ2n) is 5.08. The third-order valence-electron chi connectivity index (χ3n) is 3.67. The lowest BCUT2D eigenvalue weighted by molar-refractivity contribution is -0.0457. The summed E-state index contributed by atoms with van der Waals surface area (Å²) in [6, 6.07) is 0. The molecule has 4 nitrogen and oxygen atoms in total. The van der Waals surface area contributed by atoms with Gasteiger partial charge in [-0.2, -0.15) is 0 Å². The van der Waals surface area contributed by atoms with Crippen LogP contribution in [0.4, 0.5) is 5.82 Å². The number of aromatic nitrogens is 2. The SMILES string of the molecule is CCCc1nc(C2(OCC)CCCC2)nc(N)c1I. The summed E-state index contributed by atoms with van der Waals surface area (Å²) in [7, 11) is 0. The van der Waals surface area contributed by atoms with Crippen molar-refractivity contribution in [3.63, 3.8) is 0 Å². The van der Waals surface area contributed by atoms with Crippen LogP contribution < -0.4 is 5.73 Å². The molecule has 0 radical (unpaired) electrons. The first-order valence-electron chi connectivity index (χ1n) is 7.09. The number of rotatable bonds is 5. The normalized spacial score (nSPS) is 17.8. The third-order valence-corrected chi connectivity index (χ3v) is 4.85. The van der Waals surface area contributed by atoms with Crippen LogP contribution in [0.5, 0.6) is 0 Å². The third kappa shape index (κ3) is 3.02. The van der Waals surface area contributed by atoms with Gasteiger partial charge in [-0.05, 0) is 61.6 Å². The van der Waals surface area contributed by atoms with E-state index in [4.69, 9.17) is 15.5 Å². The molecule has 0 amide bonds. The molecule has 0 aliphatic heterocycles. The highest BCUT2D eigenvalue weighted by Crippen LogP contribution is 2.41. The number of nitrogen functional groups attached to an aromatic ring is 1. The summed E-state index contributed by atoms with van der Waals surface area (Å²) in [5.41, 5.74) is 6.83. The molecule has 5 heteroatoms. The minimum Gasteiger partial charge on any atom is -0.383 e. The van der Waals surface area contributed by atoms with Crippen molar-refractivity contribution in [2.75, 3.05) is 12.3 Å². The molecule has 1 saturated carbocycles. The van der Waals surface area contributed by atoms with Crippen LogP contribution >= 0.6 is 22.6 Å². The Morgan fingerprint density at radius 1 is 1.26 bits per heavy atom. The summed E-state index contributed by atoms with van der Waals surface area (Å²) in [6.07, 6.45) is 6.38. The zero-order valence-electron chi connectivity index (χ0n) is 11.7. The van der Waals surface area contributed by atoms with E-state index in [1.54, 1.807) is 0 Å². The Hall–Kier alpha value is -0.430. The first-order valence-corrected chi connectivity index (χ1v) is 8.17. The average Bonchev–Trinajstić information content (AvgIpc) is 2.85. The van der Waals surface area contributed by atoms with Gasteiger partial charge in [0.25, 0.3) is 0 Å². The van der Waals surface area contributed by atoms with Gasteiger partial charge in [-0.15, -0.1) is 0 Å². The smallest absolute Gasteiger partial charge is 0.162 e. The van der Waals surface area contributed by atoms with Crippen LogP contribution in [0.3, 0.4) is 0 Å². The molecule has 1 fully saturated rings. The molecule has 106 valence electrons. The van der Waals surface area contributed by atoms with E-state index in [1.165, 1.54) is 12.8 Å². The number of anilines is 1. The van der Waals surface area contributed by atoms with Crippen molar-refractivity contribution in [3.05, 3.63) is 15.1 Å². The summed E-state index contributed by atoms with van der Waals surface area (Å²) in [5, 5.41) is 0. The lowest BCUT2D eigenvalue weighted by Crippen LogP contribution is -2.30. The summed E-state index contributed by atoms with van der Waals surface area (Å²) < 4.78 is 7.01. The molecule has 0 spiro atoms. The first kappa shape index (κ1) is 15.0. The molecule has 1 aromatic heterocycles. The molecule has 0 saturated heterocycles. The van der Waals surface area contributed by atoms with E-state index in [-0.39, 0.29) is 5.60 Å². The quantitative estimate of drug-likeness (QED) is 0.802. The number of hydrogen-bond donors (Lipinski definition) is 1. The second kappa shape index (κ2) is 6.35. The number of nitrogens with two attached hydrogens (primary N) is 1. The van der Waals surface area contributed by atoms with Gasteiger partial charge in [0.05, 0.1) is 9.26 Å². The highest BCUT2D eigenvalue weighted by atomic mass is 127. The van der Waals surface area contributed by atoms with E-state index in [0.717, 1.165) is 40.8 Å². The molecule has 0 atom stereocenters. The number of aryl methyl sites for hydroxylation is 1. The van der Waals surface area contributed by atoms with Crippen molar-refractivity contribution in [1.82, 2.24) is 9.97 Å². The van der Waals surface area contributed by atoms with Crippen LogP contribution in [0.2, 0.25) is 0 Å². The van der Waals surface area contributed by atoms with Crippen molar-refractivity contribution >= 4 is 28.4 Å². The maximum atomic E-state index is 6.06. The molecule has 1 heterocycles. The molecule has 1 aromatic rings. The minimum absolute atomic E-state index is 0.296. The van der Waals surface area contributed by atoms with Crippen LogP contribution in [-0.2, 0) is 16.8 Å². The van der Waals surface area contributed by atoms with Crippen LogP contribution in [0.25, 0.3) is 0 Å². The van der Waals surface area contributed by atoms with Crippen molar-refractivity contribution in [2.45, 2.75) is 58.0 Å². The van der Waals surface area contributed by atoms with Gasteiger partial charge in [0.1, 0.15) is 11.4 Å². The van der Waals surface area contributed by atoms with Crippen molar-refractivity contribution in [2.24, 2.45) is 0 Å². The Kier molecular flexibility index (Phi) is 5.00. The van der Waals surface area contributed by atoms with Crippen LogP contribution in [0, 0.1) is 3.57 Å². The Morgan fingerprint density at radius 2 is 1.95 bits per heavy atom. The van der Waals surface area contributed by atoms with Crippen LogP contribution in [0.15, 0.2) is 0 Å². The van der Waals surface area contributed by atoms with E-state index in [2.05, 4.69) is 34.5 Å². The summed E-state index contributed by atoms with van der Waals surface area (Å²) in [6.45, 7) is 4.88. The molecule has 1 aliphatic carbocycles. The fraction of sp³-hybridized carbons (Fsp3) is 0.714. The van der Waals surface area contributed by atoms with E-state index >= 15 is 0 Å². The fourth-order valence-corrected chi connectivity index (χ4v) is 3.28. The maximum Gasteiger partial charge on any atom is 0.162 e. The lowest BCUT2D eigenvalue weighted by Gasteiger charge is -2.28. The Labute approximate surface area is 128 Å². The Morgan fingerprint density at radius 3 is 2.53 bits per heavy atom. The topological polar surface area (TPSA) is 61.0 Å². The van der Waals surface area contributed by atoms with Gasteiger partial charge in [0.15, 0.2) is 5.82 Å². The zero-order valence-corrected chi connectivity index (χ0v) is 13.9. The number of nitrogens with zero attached hydrogens (tertiary/aromatic N) is 2. The molecular formula is C14H22IN3O. The van der Waals surface area contributed by atoms with E-state index in [1.807, 2.05) is 6.92 Å². The van der Waals surface area contributed by atoms with E-state index in [0.29, 0.717) is 12.4 Å². The van der Waals surface area contributed by atoms with Crippen molar-refractivity contribution in [1.29, 1.82) is 0 Å². The number of halogens is 1. The molecule has 19 heavy (non-hydrogen) atoms. The van der Waals surface area contributed by atoms with E-state index in [9.17, 15) is 0 Å². The van der Waals surface area contributed by atoms with Gasteiger partial charge in [-0.25, -0.2) is 9.97 Å². The predicted octanol–water partition coefficient (Wildman–Crippen LogP) is 3.42. The van der Waals surface area contributed by atoms with E-state index < -0.39 is 0 Å². The summed E-state index contributed by atoms with van der Waals surface area (Å²) in [4.78, 5) is 9.29. The first-order chi connectivity index (χ1) is 9.13. The van der Waals surface area contributed by atoms with Crippen molar-refractivity contribution in [3.8, 4) is 0 Å². The monoisotopic (exact) mass is 375 g/mol. The van der Waals surface area contributed by atoms with Gasteiger partial charge in [0, 0.05) is 6.61 Å². The largest absolute Gasteiger partial charge is 0.383 e. The van der Waals surface area contributed by atoms with Gasteiger partial charge in [-0.1, -0.05) is 13.3 Å². The average molecular weight is 375 g/mol. The van der Waals surface area contributed by atoms with Gasteiger partial charge in [0.2, 0.25) is 0 Å². The Balaban J connectivity index is 2.42. The van der Waals surface area contributed by atoms with Crippen LogP contribution in [-0.4, -0.2) is 16.6 Å². The molecule has 0 aromatic carbocycles. The summed E-state index contributed by atoms with van der Waals surface area (Å²) >= 11 is 2.24. The summed E-state index contributed by atoms with van der Waals surface area (Å²) in [5.74, 6) is 1.40. The second-order valence-corrected chi connectivity index (χ2v) is 6.16. The zero-order chi connectivity index (χ0) is 13.9.